The number of hydrogen-bond acceptors (Lipinski definition) is 4. The van der Waals surface area contributed by atoms with Crippen LogP contribution >= 0.6 is 11.6 Å². The fourth-order valence-corrected chi connectivity index (χ4v) is 3.74. The van der Waals surface area contributed by atoms with Crippen LogP contribution in [-0.4, -0.2) is 27.7 Å². The molecule has 0 unspecified atom stereocenters. The fourth-order valence-electron chi connectivity index (χ4n) is 1.89. The van der Waals surface area contributed by atoms with E-state index in [-0.39, 0.29) is 16.0 Å². The topological polar surface area (TPSA) is 79.2 Å². The van der Waals surface area contributed by atoms with Gasteiger partial charge in [0, 0.05) is 19.3 Å². The SMILES string of the molecule is N#Cc1ccc(S(=O)(=O)NC2CCOCC2)c(Cl)c1. The molecule has 0 bridgehead atoms. The lowest BCUT2D eigenvalue weighted by molar-refractivity contribution is 0.0832. The second-order valence-electron chi connectivity index (χ2n) is 4.26. The van der Waals surface area contributed by atoms with Crippen LogP contribution in [0.3, 0.4) is 0 Å². The van der Waals surface area contributed by atoms with E-state index in [1.165, 1.54) is 18.2 Å². The molecule has 7 heteroatoms. The minimum atomic E-state index is -3.66. The Morgan fingerprint density at radius 3 is 2.63 bits per heavy atom. The molecule has 0 atom stereocenters. The van der Waals surface area contributed by atoms with Gasteiger partial charge in [-0.3, -0.25) is 0 Å². The molecule has 0 saturated carbocycles. The lowest BCUT2D eigenvalue weighted by atomic mass is 10.1. The van der Waals surface area contributed by atoms with Crippen LogP contribution in [0.5, 0.6) is 0 Å². The molecule has 0 spiro atoms. The molecule has 5 nitrogen and oxygen atoms in total. The molecule has 1 fully saturated rings. The average molecular weight is 301 g/mol. The third kappa shape index (κ3) is 3.45. The largest absolute Gasteiger partial charge is 0.381 e. The van der Waals surface area contributed by atoms with E-state index < -0.39 is 10.0 Å². The highest BCUT2D eigenvalue weighted by Gasteiger charge is 2.24. The molecule has 1 saturated heterocycles. The third-order valence-corrected chi connectivity index (χ3v) is 4.90. The minimum Gasteiger partial charge on any atom is -0.381 e. The molecule has 1 aliphatic heterocycles. The summed E-state index contributed by atoms with van der Waals surface area (Å²) in [4.78, 5) is -0.000316. The number of benzene rings is 1. The Labute approximate surface area is 117 Å². The Balaban J connectivity index is 2.22. The predicted molar refractivity (Wildman–Crippen MR) is 70.3 cm³/mol. The number of ether oxygens (including phenoxy) is 1. The number of halogens is 1. The van der Waals surface area contributed by atoms with Gasteiger partial charge in [0.1, 0.15) is 4.90 Å². The van der Waals surface area contributed by atoms with Gasteiger partial charge in [0.2, 0.25) is 10.0 Å². The number of nitrogens with zero attached hydrogens (tertiary/aromatic N) is 1. The van der Waals surface area contributed by atoms with Gasteiger partial charge >= 0.3 is 0 Å². The summed E-state index contributed by atoms with van der Waals surface area (Å²) in [5.74, 6) is 0. The Bertz CT molecular complexity index is 604. The van der Waals surface area contributed by atoms with E-state index in [2.05, 4.69) is 4.72 Å². The molecule has 2 rings (SSSR count). The molecule has 1 aliphatic rings. The van der Waals surface area contributed by atoms with Crippen LogP contribution in [0.15, 0.2) is 23.1 Å². The van der Waals surface area contributed by atoms with Gasteiger partial charge in [0.05, 0.1) is 16.7 Å². The summed E-state index contributed by atoms with van der Waals surface area (Å²) >= 11 is 5.92. The highest BCUT2D eigenvalue weighted by Crippen LogP contribution is 2.23. The number of nitrogens with one attached hydrogen (secondary N) is 1. The lowest BCUT2D eigenvalue weighted by Crippen LogP contribution is -2.38. The molecular weight excluding hydrogens is 288 g/mol. The summed E-state index contributed by atoms with van der Waals surface area (Å²) in [5, 5.41) is 8.78. The van der Waals surface area contributed by atoms with Crippen molar-refractivity contribution in [1.82, 2.24) is 4.72 Å². The maximum atomic E-state index is 12.2. The second-order valence-corrected chi connectivity index (χ2v) is 6.35. The minimum absolute atomic E-state index is 0.000316. The van der Waals surface area contributed by atoms with Gasteiger partial charge in [-0.25, -0.2) is 13.1 Å². The fraction of sp³-hybridized carbons (Fsp3) is 0.417. The number of sulfonamides is 1. The third-order valence-electron chi connectivity index (χ3n) is 2.89. The van der Waals surface area contributed by atoms with Crippen molar-refractivity contribution in [2.75, 3.05) is 13.2 Å². The monoisotopic (exact) mass is 300 g/mol. The molecule has 0 amide bonds. The molecule has 1 aromatic carbocycles. The van der Waals surface area contributed by atoms with E-state index in [1.54, 1.807) is 0 Å². The molecule has 1 heterocycles. The zero-order valence-corrected chi connectivity index (χ0v) is 11.7. The Kier molecular flexibility index (Phi) is 4.42. The van der Waals surface area contributed by atoms with Gasteiger partial charge in [-0.15, -0.1) is 0 Å². The average Bonchev–Trinajstić information content (AvgIpc) is 2.38. The van der Waals surface area contributed by atoms with Crippen molar-refractivity contribution < 1.29 is 13.2 Å². The molecule has 0 aliphatic carbocycles. The standard InChI is InChI=1S/C12H13ClN2O3S/c13-11-7-9(8-14)1-2-12(11)19(16,17)15-10-3-5-18-6-4-10/h1-2,7,10,15H,3-6H2. The van der Waals surface area contributed by atoms with Gasteiger partial charge in [0.15, 0.2) is 0 Å². The van der Waals surface area contributed by atoms with E-state index in [0.29, 0.717) is 31.6 Å². The van der Waals surface area contributed by atoms with E-state index in [1.807, 2.05) is 6.07 Å². The van der Waals surface area contributed by atoms with Crippen molar-refractivity contribution in [3.8, 4) is 6.07 Å². The van der Waals surface area contributed by atoms with Gasteiger partial charge < -0.3 is 4.74 Å². The molecule has 102 valence electrons. The van der Waals surface area contributed by atoms with Crippen LogP contribution in [0.2, 0.25) is 5.02 Å². The van der Waals surface area contributed by atoms with Crippen molar-refractivity contribution in [3.05, 3.63) is 28.8 Å². The molecule has 1 aromatic rings. The number of hydrogen-bond donors (Lipinski definition) is 1. The smallest absolute Gasteiger partial charge is 0.242 e. The molecule has 0 aromatic heterocycles. The first-order valence-corrected chi connectivity index (χ1v) is 7.69. The van der Waals surface area contributed by atoms with Crippen LogP contribution in [0.4, 0.5) is 0 Å². The Hall–Kier alpha value is -1.13. The lowest BCUT2D eigenvalue weighted by Gasteiger charge is -2.23. The highest BCUT2D eigenvalue weighted by molar-refractivity contribution is 7.89. The number of nitriles is 1. The summed E-state index contributed by atoms with van der Waals surface area (Å²) in [7, 11) is -3.66. The highest BCUT2D eigenvalue weighted by atomic mass is 35.5. The number of rotatable bonds is 3. The summed E-state index contributed by atoms with van der Waals surface area (Å²) in [6.45, 7) is 1.10. The summed E-state index contributed by atoms with van der Waals surface area (Å²) in [6, 6.07) is 5.91. The van der Waals surface area contributed by atoms with Crippen LogP contribution in [0, 0.1) is 11.3 Å². The maximum Gasteiger partial charge on any atom is 0.242 e. The zero-order chi connectivity index (χ0) is 13.9. The summed E-state index contributed by atoms with van der Waals surface area (Å²) in [6.07, 6.45) is 1.29. The van der Waals surface area contributed by atoms with E-state index >= 15 is 0 Å². The van der Waals surface area contributed by atoms with Gasteiger partial charge in [-0.1, -0.05) is 11.6 Å². The molecule has 0 radical (unpaired) electrons. The maximum absolute atomic E-state index is 12.2. The zero-order valence-electron chi connectivity index (χ0n) is 10.1. The molecule has 1 N–H and O–H groups in total. The van der Waals surface area contributed by atoms with Crippen molar-refractivity contribution >= 4 is 21.6 Å². The predicted octanol–water partition coefficient (Wildman–Crippen LogP) is 1.67. The molecule has 19 heavy (non-hydrogen) atoms. The van der Waals surface area contributed by atoms with Crippen molar-refractivity contribution in [1.29, 1.82) is 5.26 Å². The van der Waals surface area contributed by atoms with E-state index in [0.717, 1.165) is 0 Å². The van der Waals surface area contributed by atoms with Gasteiger partial charge in [0.25, 0.3) is 0 Å². The van der Waals surface area contributed by atoms with E-state index in [4.69, 9.17) is 21.6 Å². The van der Waals surface area contributed by atoms with Crippen molar-refractivity contribution in [2.24, 2.45) is 0 Å². The first kappa shape index (κ1) is 14.3. The summed E-state index contributed by atoms with van der Waals surface area (Å²) in [5.41, 5.74) is 0.329. The summed E-state index contributed by atoms with van der Waals surface area (Å²) < 4.78 is 32.2. The van der Waals surface area contributed by atoms with Crippen LogP contribution < -0.4 is 4.72 Å². The quantitative estimate of drug-likeness (QED) is 0.921. The Morgan fingerprint density at radius 2 is 2.05 bits per heavy atom. The van der Waals surface area contributed by atoms with Gasteiger partial charge in [-0.05, 0) is 31.0 Å². The van der Waals surface area contributed by atoms with Crippen LogP contribution in [0.1, 0.15) is 18.4 Å². The first-order chi connectivity index (χ1) is 9.03. The Morgan fingerprint density at radius 1 is 1.37 bits per heavy atom. The van der Waals surface area contributed by atoms with Crippen LogP contribution in [0.25, 0.3) is 0 Å². The first-order valence-electron chi connectivity index (χ1n) is 5.82. The van der Waals surface area contributed by atoms with Crippen molar-refractivity contribution in [2.45, 2.75) is 23.8 Å². The normalized spacial score (nSPS) is 17.1. The second kappa shape index (κ2) is 5.88. The van der Waals surface area contributed by atoms with Crippen molar-refractivity contribution in [3.63, 3.8) is 0 Å². The van der Waals surface area contributed by atoms with Crippen LogP contribution in [-0.2, 0) is 14.8 Å². The van der Waals surface area contributed by atoms with E-state index in [9.17, 15) is 8.42 Å². The molecular formula is C12H13ClN2O3S. The van der Waals surface area contributed by atoms with Gasteiger partial charge in [-0.2, -0.15) is 5.26 Å².